The van der Waals surface area contributed by atoms with E-state index < -0.39 is 0 Å². The minimum absolute atomic E-state index is 0.170. The maximum atomic E-state index is 12.5. The first-order chi connectivity index (χ1) is 12.2. The van der Waals surface area contributed by atoms with Crippen molar-refractivity contribution in [3.63, 3.8) is 0 Å². The molecule has 0 spiro atoms. The highest BCUT2D eigenvalue weighted by Gasteiger charge is 2.11. The molecule has 0 aliphatic rings. The molecule has 0 fully saturated rings. The lowest BCUT2D eigenvalue weighted by Gasteiger charge is -2.14. The second-order valence-corrected chi connectivity index (χ2v) is 6.19. The monoisotopic (exact) mass is 396 g/mol. The van der Waals surface area contributed by atoms with Crippen LogP contribution in [0, 0.1) is 0 Å². The molecule has 0 heterocycles. The molecular weight excluding hydrogens is 380 g/mol. The van der Waals surface area contributed by atoms with Crippen LogP contribution in [0.15, 0.2) is 77.3 Å². The molecule has 0 atom stereocenters. The number of nitrogens with one attached hydrogen (secondary N) is 2. The van der Waals surface area contributed by atoms with E-state index in [1.807, 2.05) is 66.7 Å². The van der Waals surface area contributed by atoms with Crippen LogP contribution in [-0.4, -0.2) is 13.0 Å². The third-order valence-electron chi connectivity index (χ3n) is 3.66. The van der Waals surface area contributed by atoms with Crippen molar-refractivity contribution in [3.8, 4) is 5.75 Å². The van der Waals surface area contributed by atoms with Crippen molar-refractivity contribution in [2.45, 2.75) is 0 Å². The van der Waals surface area contributed by atoms with Gasteiger partial charge in [-0.05, 0) is 64.5 Å². The topological polar surface area (TPSA) is 50.4 Å². The van der Waals surface area contributed by atoms with Crippen molar-refractivity contribution in [3.05, 3.63) is 82.8 Å². The van der Waals surface area contributed by atoms with Gasteiger partial charge in [-0.15, -0.1) is 0 Å². The van der Waals surface area contributed by atoms with Gasteiger partial charge < -0.3 is 15.4 Å². The van der Waals surface area contributed by atoms with E-state index >= 15 is 0 Å². The van der Waals surface area contributed by atoms with Crippen molar-refractivity contribution >= 4 is 38.9 Å². The van der Waals surface area contributed by atoms with Gasteiger partial charge in [0.05, 0.1) is 24.0 Å². The number of anilines is 3. The maximum Gasteiger partial charge on any atom is 0.256 e. The Morgan fingerprint density at radius 3 is 2.20 bits per heavy atom. The number of amides is 1. The summed E-state index contributed by atoms with van der Waals surface area (Å²) in [4.78, 5) is 12.5. The molecule has 0 aliphatic carbocycles. The molecule has 5 heteroatoms. The van der Waals surface area contributed by atoms with E-state index in [1.165, 1.54) is 0 Å². The molecule has 0 saturated carbocycles. The Bertz CT molecular complexity index is 879. The first-order valence-electron chi connectivity index (χ1n) is 7.73. The van der Waals surface area contributed by atoms with E-state index in [4.69, 9.17) is 4.74 Å². The molecule has 1 amide bonds. The quantitative estimate of drug-likeness (QED) is 0.602. The highest BCUT2D eigenvalue weighted by atomic mass is 79.9. The van der Waals surface area contributed by atoms with E-state index in [-0.39, 0.29) is 5.91 Å². The molecule has 0 aromatic heterocycles. The summed E-state index contributed by atoms with van der Waals surface area (Å²) < 4.78 is 5.92. The Labute approximate surface area is 155 Å². The van der Waals surface area contributed by atoms with Gasteiger partial charge >= 0.3 is 0 Å². The molecule has 0 saturated heterocycles. The van der Waals surface area contributed by atoms with Crippen LogP contribution in [0.3, 0.4) is 0 Å². The van der Waals surface area contributed by atoms with Gasteiger partial charge in [0.2, 0.25) is 0 Å². The van der Waals surface area contributed by atoms with Gasteiger partial charge in [0.25, 0.3) is 5.91 Å². The fourth-order valence-corrected chi connectivity index (χ4v) is 2.83. The number of methoxy groups -OCH3 is 1. The van der Waals surface area contributed by atoms with Crippen molar-refractivity contribution in [2.24, 2.45) is 0 Å². The molecule has 3 aromatic carbocycles. The molecule has 0 aliphatic heterocycles. The van der Waals surface area contributed by atoms with Gasteiger partial charge in [-0.25, -0.2) is 0 Å². The first-order valence-corrected chi connectivity index (χ1v) is 8.52. The van der Waals surface area contributed by atoms with Gasteiger partial charge in [-0.1, -0.05) is 24.3 Å². The standard InChI is InChI=1S/C20H17BrN2O2/c1-25-15-12-10-14(11-13-15)22-18-8-4-5-9-19(18)23-20(24)16-6-2-3-7-17(16)21/h2-13,22H,1H3,(H,23,24). The smallest absolute Gasteiger partial charge is 0.256 e. The fourth-order valence-electron chi connectivity index (χ4n) is 2.37. The summed E-state index contributed by atoms with van der Waals surface area (Å²) >= 11 is 3.41. The first kappa shape index (κ1) is 17.0. The van der Waals surface area contributed by atoms with Crippen LogP contribution in [0.5, 0.6) is 5.75 Å². The molecular formula is C20H17BrN2O2. The van der Waals surface area contributed by atoms with Gasteiger partial charge in [0, 0.05) is 10.2 Å². The number of para-hydroxylation sites is 2. The predicted molar refractivity (Wildman–Crippen MR) is 105 cm³/mol. The Morgan fingerprint density at radius 2 is 1.52 bits per heavy atom. The summed E-state index contributed by atoms with van der Waals surface area (Å²) in [5, 5.41) is 6.27. The average Bonchev–Trinajstić information content (AvgIpc) is 2.64. The lowest BCUT2D eigenvalue weighted by molar-refractivity contribution is 0.102. The molecule has 0 bridgehead atoms. The van der Waals surface area contributed by atoms with Crippen LogP contribution in [-0.2, 0) is 0 Å². The van der Waals surface area contributed by atoms with E-state index in [0.29, 0.717) is 11.3 Å². The van der Waals surface area contributed by atoms with E-state index in [2.05, 4.69) is 26.6 Å². The summed E-state index contributed by atoms with van der Waals surface area (Å²) in [7, 11) is 1.63. The lowest BCUT2D eigenvalue weighted by atomic mass is 10.2. The number of carbonyl (C=O) groups is 1. The van der Waals surface area contributed by atoms with Gasteiger partial charge in [-0.2, -0.15) is 0 Å². The molecule has 25 heavy (non-hydrogen) atoms. The van der Waals surface area contributed by atoms with Crippen molar-refractivity contribution in [1.82, 2.24) is 0 Å². The molecule has 3 aromatic rings. The number of hydrogen-bond acceptors (Lipinski definition) is 3. The highest BCUT2D eigenvalue weighted by molar-refractivity contribution is 9.10. The molecule has 3 rings (SSSR count). The maximum absolute atomic E-state index is 12.5. The number of carbonyl (C=O) groups excluding carboxylic acids is 1. The van der Waals surface area contributed by atoms with Crippen LogP contribution in [0.25, 0.3) is 0 Å². The predicted octanol–water partition coefficient (Wildman–Crippen LogP) is 5.45. The molecule has 2 N–H and O–H groups in total. The zero-order valence-electron chi connectivity index (χ0n) is 13.6. The van der Waals surface area contributed by atoms with Crippen LogP contribution in [0.2, 0.25) is 0 Å². The van der Waals surface area contributed by atoms with Crippen molar-refractivity contribution in [2.75, 3.05) is 17.7 Å². The summed E-state index contributed by atoms with van der Waals surface area (Å²) in [5.41, 5.74) is 3.01. The minimum atomic E-state index is -0.170. The van der Waals surface area contributed by atoms with Crippen LogP contribution < -0.4 is 15.4 Å². The largest absolute Gasteiger partial charge is 0.497 e. The van der Waals surface area contributed by atoms with Crippen LogP contribution in [0.1, 0.15) is 10.4 Å². The van der Waals surface area contributed by atoms with Gasteiger partial charge in [0.1, 0.15) is 5.75 Å². The molecule has 0 unspecified atom stereocenters. The van der Waals surface area contributed by atoms with Crippen molar-refractivity contribution < 1.29 is 9.53 Å². The number of rotatable bonds is 5. The van der Waals surface area contributed by atoms with E-state index in [9.17, 15) is 4.79 Å². The summed E-state index contributed by atoms with van der Waals surface area (Å²) in [6.07, 6.45) is 0. The Kier molecular flexibility index (Phi) is 5.36. The molecule has 4 nitrogen and oxygen atoms in total. The molecule has 0 radical (unpaired) electrons. The second-order valence-electron chi connectivity index (χ2n) is 5.33. The third kappa shape index (κ3) is 4.19. The number of benzene rings is 3. The third-order valence-corrected chi connectivity index (χ3v) is 4.35. The Hall–Kier alpha value is -2.79. The molecule has 126 valence electrons. The number of halogens is 1. The minimum Gasteiger partial charge on any atom is -0.497 e. The number of ether oxygens (including phenoxy) is 1. The summed E-state index contributed by atoms with van der Waals surface area (Å²) in [5.74, 6) is 0.623. The fraction of sp³-hybridized carbons (Fsp3) is 0.0500. The normalized spacial score (nSPS) is 10.2. The zero-order valence-corrected chi connectivity index (χ0v) is 15.2. The number of hydrogen-bond donors (Lipinski definition) is 2. The summed E-state index contributed by atoms with van der Waals surface area (Å²) in [6.45, 7) is 0. The van der Waals surface area contributed by atoms with Gasteiger partial charge in [0.15, 0.2) is 0 Å². The Morgan fingerprint density at radius 1 is 0.880 bits per heavy atom. The van der Waals surface area contributed by atoms with Gasteiger partial charge in [-0.3, -0.25) is 4.79 Å². The Balaban J connectivity index is 1.81. The van der Waals surface area contributed by atoms with E-state index in [1.54, 1.807) is 13.2 Å². The zero-order chi connectivity index (χ0) is 17.6. The second kappa shape index (κ2) is 7.85. The lowest BCUT2D eigenvalue weighted by Crippen LogP contribution is -2.13. The van der Waals surface area contributed by atoms with E-state index in [0.717, 1.165) is 21.6 Å². The highest BCUT2D eigenvalue weighted by Crippen LogP contribution is 2.27. The SMILES string of the molecule is COc1ccc(Nc2ccccc2NC(=O)c2ccccc2Br)cc1. The average molecular weight is 397 g/mol. The van der Waals surface area contributed by atoms with Crippen LogP contribution >= 0.6 is 15.9 Å². The van der Waals surface area contributed by atoms with Crippen molar-refractivity contribution in [1.29, 1.82) is 0 Å². The van der Waals surface area contributed by atoms with Crippen LogP contribution in [0.4, 0.5) is 17.1 Å². The summed E-state index contributed by atoms with van der Waals surface area (Å²) in [6, 6.07) is 22.5.